The van der Waals surface area contributed by atoms with Crippen molar-refractivity contribution in [3.63, 3.8) is 0 Å². The highest BCUT2D eigenvalue weighted by molar-refractivity contribution is 5.18. The van der Waals surface area contributed by atoms with Gasteiger partial charge in [0, 0.05) is 13.1 Å². The van der Waals surface area contributed by atoms with Gasteiger partial charge in [-0.15, -0.1) is 0 Å². The maximum absolute atomic E-state index is 6.41. The summed E-state index contributed by atoms with van der Waals surface area (Å²) >= 11 is 0. The lowest BCUT2D eigenvalue weighted by Crippen LogP contribution is -2.49. The molecular weight excluding hydrogens is 426 g/mol. The van der Waals surface area contributed by atoms with Crippen LogP contribution in [0.4, 0.5) is 0 Å². The summed E-state index contributed by atoms with van der Waals surface area (Å²) in [6.07, 6.45) is -0.755. The molecule has 0 spiro atoms. The van der Waals surface area contributed by atoms with Gasteiger partial charge in [-0.05, 0) is 30.5 Å². The molecule has 178 valence electrons. The molecule has 2 heterocycles. The maximum Gasteiger partial charge on any atom is 0.189 e. The average Bonchev–Trinajstić information content (AvgIpc) is 3.31. The van der Waals surface area contributed by atoms with Crippen LogP contribution in [0, 0.1) is 0 Å². The van der Waals surface area contributed by atoms with Gasteiger partial charge in [0.25, 0.3) is 0 Å². The Labute approximate surface area is 202 Å². The molecule has 4 atom stereocenters. The van der Waals surface area contributed by atoms with Gasteiger partial charge in [-0.25, -0.2) is 0 Å². The Morgan fingerprint density at radius 1 is 0.735 bits per heavy atom. The number of ether oxygens (including phenoxy) is 4. The molecule has 0 aromatic heterocycles. The van der Waals surface area contributed by atoms with Gasteiger partial charge in [0.1, 0.15) is 12.2 Å². The molecule has 5 rings (SSSR count). The van der Waals surface area contributed by atoms with Gasteiger partial charge in [0.2, 0.25) is 0 Å². The third-order valence-electron chi connectivity index (χ3n) is 6.39. The molecule has 0 amide bonds. The van der Waals surface area contributed by atoms with E-state index in [2.05, 4.69) is 77.7 Å². The Hall–Kier alpha value is -2.54. The third-order valence-corrected chi connectivity index (χ3v) is 6.39. The van der Waals surface area contributed by atoms with Crippen molar-refractivity contribution in [3.05, 3.63) is 108 Å². The Bertz CT molecular complexity index is 986. The lowest BCUT2D eigenvalue weighted by atomic mass is 10.0. The van der Waals surface area contributed by atoms with E-state index >= 15 is 0 Å². The fraction of sp³-hybridized carbons (Fsp3) is 0.379. The highest BCUT2D eigenvalue weighted by atomic mass is 16.8. The molecule has 0 saturated carbocycles. The summed E-state index contributed by atoms with van der Waals surface area (Å²) < 4.78 is 25.1. The molecule has 2 aliphatic heterocycles. The van der Waals surface area contributed by atoms with Crippen molar-refractivity contribution in [1.82, 2.24) is 4.90 Å². The Morgan fingerprint density at radius 2 is 1.26 bits per heavy atom. The van der Waals surface area contributed by atoms with Crippen LogP contribution in [-0.4, -0.2) is 41.8 Å². The zero-order valence-electron chi connectivity index (χ0n) is 19.9. The normalized spacial score (nSPS) is 25.5. The predicted molar refractivity (Wildman–Crippen MR) is 131 cm³/mol. The first-order valence-electron chi connectivity index (χ1n) is 12.0. The van der Waals surface area contributed by atoms with Crippen LogP contribution in [0.25, 0.3) is 0 Å². The van der Waals surface area contributed by atoms with Crippen LogP contribution >= 0.6 is 0 Å². The number of hydrogen-bond acceptors (Lipinski definition) is 5. The summed E-state index contributed by atoms with van der Waals surface area (Å²) in [5, 5.41) is 0. The summed E-state index contributed by atoms with van der Waals surface area (Å²) in [7, 11) is 0. The van der Waals surface area contributed by atoms with E-state index in [0.717, 1.165) is 18.7 Å². The first-order chi connectivity index (χ1) is 16.6. The lowest BCUT2D eigenvalue weighted by Gasteiger charge is -2.35. The largest absolute Gasteiger partial charge is 0.374 e. The molecule has 2 saturated heterocycles. The van der Waals surface area contributed by atoms with Crippen LogP contribution in [-0.2, 0) is 38.6 Å². The van der Waals surface area contributed by atoms with Crippen molar-refractivity contribution in [3.8, 4) is 0 Å². The first kappa shape index (κ1) is 23.2. The molecule has 2 fully saturated rings. The standard InChI is InChI=1S/C29H33NO4/c1-29(2)33-27-26(25(32-28(27)34-29)21-31-20-24-16-10-5-11-17-24)30(18-22-12-6-3-7-13-22)19-23-14-8-4-9-15-23/h3-17,25-28H,18-21H2,1-2H3/t25-,26-,27-,28-/m1/s1. The fourth-order valence-electron chi connectivity index (χ4n) is 4.91. The van der Waals surface area contributed by atoms with Gasteiger partial charge in [-0.2, -0.15) is 0 Å². The minimum Gasteiger partial charge on any atom is -0.374 e. The van der Waals surface area contributed by atoms with Crippen molar-refractivity contribution in [2.24, 2.45) is 0 Å². The number of fused-ring (bicyclic) bond motifs is 1. The second kappa shape index (κ2) is 10.4. The Balaban J connectivity index is 1.39. The highest BCUT2D eigenvalue weighted by Crippen LogP contribution is 2.40. The van der Waals surface area contributed by atoms with E-state index in [0.29, 0.717) is 13.2 Å². The van der Waals surface area contributed by atoms with Gasteiger partial charge in [-0.3, -0.25) is 4.90 Å². The molecule has 3 aromatic carbocycles. The van der Waals surface area contributed by atoms with Crippen molar-refractivity contribution in [2.75, 3.05) is 6.61 Å². The molecular formula is C29H33NO4. The average molecular weight is 460 g/mol. The SMILES string of the molecule is CC1(C)O[C@H]2O[C@H](COCc3ccccc3)[C@@H](N(Cc3ccccc3)Cc3ccccc3)[C@H]2O1. The zero-order chi connectivity index (χ0) is 23.4. The second-order valence-electron chi connectivity index (χ2n) is 9.51. The van der Waals surface area contributed by atoms with Gasteiger partial charge in [0.05, 0.1) is 19.3 Å². The molecule has 2 aliphatic rings. The summed E-state index contributed by atoms with van der Waals surface area (Å²) in [6, 6.07) is 31.3. The highest BCUT2D eigenvalue weighted by Gasteiger charge is 2.56. The van der Waals surface area contributed by atoms with Gasteiger partial charge in [0.15, 0.2) is 12.1 Å². The number of nitrogens with zero attached hydrogens (tertiary/aromatic N) is 1. The predicted octanol–water partition coefficient (Wildman–Crippen LogP) is 5.15. The molecule has 3 aromatic rings. The van der Waals surface area contributed by atoms with Crippen LogP contribution in [0.15, 0.2) is 91.0 Å². The minimum atomic E-state index is -0.672. The van der Waals surface area contributed by atoms with E-state index in [9.17, 15) is 0 Å². The van der Waals surface area contributed by atoms with Crippen LogP contribution in [0.3, 0.4) is 0 Å². The summed E-state index contributed by atoms with van der Waals surface area (Å²) in [4.78, 5) is 2.45. The van der Waals surface area contributed by atoms with Crippen LogP contribution in [0.2, 0.25) is 0 Å². The molecule has 34 heavy (non-hydrogen) atoms. The maximum atomic E-state index is 6.41. The van der Waals surface area contributed by atoms with Gasteiger partial charge < -0.3 is 18.9 Å². The van der Waals surface area contributed by atoms with Crippen LogP contribution < -0.4 is 0 Å². The van der Waals surface area contributed by atoms with Crippen molar-refractivity contribution in [1.29, 1.82) is 0 Å². The quantitative estimate of drug-likeness (QED) is 0.443. The molecule has 0 aliphatic carbocycles. The molecule has 0 unspecified atom stereocenters. The van der Waals surface area contributed by atoms with Gasteiger partial charge in [-0.1, -0.05) is 91.0 Å². The van der Waals surface area contributed by atoms with E-state index in [1.54, 1.807) is 0 Å². The topological polar surface area (TPSA) is 40.2 Å². The summed E-state index contributed by atoms with van der Waals surface area (Å²) in [5.74, 6) is -0.672. The zero-order valence-corrected chi connectivity index (χ0v) is 19.9. The number of hydrogen-bond donors (Lipinski definition) is 0. The Kier molecular flexibility index (Phi) is 7.09. The second-order valence-corrected chi connectivity index (χ2v) is 9.51. The summed E-state index contributed by atoms with van der Waals surface area (Å²) in [5.41, 5.74) is 3.66. The van der Waals surface area contributed by atoms with E-state index in [1.807, 2.05) is 32.0 Å². The van der Waals surface area contributed by atoms with E-state index in [-0.39, 0.29) is 18.2 Å². The monoisotopic (exact) mass is 459 g/mol. The summed E-state index contributed by atoms with van der Waals surface area (Å²) in [6.45, 7) is 6.49. The molecule has 5 heteroatoms. The molecule has 0 bridgehead atoms. The minimum absolute atomic E-state index is 0.0111. The Morgan fingerprint density at radius 3 is 1.82 bits per heavy atom. The molecule has 0 N–H and O–H groups in total. The molecule has 5 nitrogen and oxygen atoms in total. The van der Waals surface area contributed by atoms with Gasteiger partial charge >= 0.3 is 0 Å². The third kappa shape index (κ3) is 5.57. The van der Waals surface area contributed by atoms with E-state index in [4.69, 9.17) is 18.9 Å². The van der Waals surface area contributed by atoms with Crippen LogP contribution in [0.1, 0.15) is 30.5 Å². The lowest BCUT2D eigenvalue weighted by molar-refractivity contribution is -0.217. The van der Waals surface area contributed by atoms with Crippen molar-refractivity contribution < 1.29 is 18.9 Å². The fourth-order valence-corrected chi connectivity index (χ4v) is 4.91. The number of rotatable bonds is 9. The van der Waals surface area contributed by atoms with E-state index < -0.39 is 12.1 Å². The van der Waals surface area contributed by atoms with E-state index in [1.165, 1.54) is 11.1 Å². The van der Waals surface area contributed by atoms with Crippen LogP contribution in [0.5, 0.6) is 0 Å². The first-order valence-corrected chi connectivity index (χ1v) is 12.0. The smallest absolute Gasteiger partial charge is 0.189 e. The number of benzene rings is 3. The van der Waals surface area contributed by atoms with Crippen molar-refractivity contribution in [2.45, 2.75) is 63.9 Å². The van der Waals surface area contributed by atoms with Crippen molar-refractivity contribution >= 4 is 0 Å². The molecule has 0 radical (unpaired) electrons.